The van der Waals surface area contributed by atoms with Crippen LogP contribution in [0, 0.1) is 11.7 Å². The van der Waals surface area contributed by atoms with Crippen molar-refractivity contribution < 1.29 is 36.6 Å². The van der Waals surface area contributed by atoms with Crippen molar-refractivity contribution in [2.45, 2.75) is 44.1 Å². The van der Waals surface area contributed by atoms with Crippen LogP contribution < -0.4 is 0 Å². The van der Waals surface area contributed by atoms with Gasteiger partial charge in [-0.1, -0.05) is 36.4 Å². The van der Waals surface area contributed by atoms with Crippen LogP contribution in [0.3, 0.4) is 0 Å². The van der Waals surface area contributed by atoms with Crippen LogP contribution in [0.1, 0.15) is 29.5 Å². The van der Waals surface area contributed by atoms with Crippen molar-refractivity contribution in [1.29, 1.82) is 0 Å². The second-order valence-electron chi connectivity index (χ2n) is 8.42. The third kappa shape index (κ3) is 5.35. The molecule has 2 atom stereocenters. The quantitative estimate of drug-likeness (QED) is 0.597. The Morgan fingerprint density at radius 3 is 2.30 bits per heavy atom. The number of amides is 1. The minimum Gasteiger partial charge on any atom is -0.445 e. The molecule has 2 aromatic carbocycles. The molecule has 2 fully saturated rings. The number of ether oxygens (including phenoxy) is 2. The molecule has 5 nitrogen and oxygen atoms in total. The third-order valence-electron chi connectivity index (χ3n) is 6.11. The first kappa shape index (κ1) is 23.2. The van der Waals surface area contributed by atoms with Crippen LogP contribution in [0.4, 0.5) is 22.4 Å². The number of benzene rings is 2. The number of alkyl halides is 3. The number of ketones is 1. The first-order chi connectivity index (χ1) is 15.7. The number of halogens is 4. The number of carbonyl (C=O) groups is 2. The largest absolute Gasteiger partial charge is 0.445 e. The summed E-state index contributed by atoms with van der Waals surface area (Å²) in [5.74, 6) is -2.03. The Morgan fingerprint density at radius 2 is 1.67 bits per heavy atom. The van der Waals surface area contributed by atoms with E-state index in [2.05, 4.69) is 0 Å². The molecule has 4 rings (SSSR count). The predicted molar refractivity (Wildman–Crippen MR) is 110 cm³/mol. The average molecular weight is 465 g/mol. The van der Waals surface area contributed by atoms with Gasteiger partial charge in [0.2, 0.25) is 0 Å². The SMILES string of the molecule is O=C(Cc1ccc(F)c(C(F)(F)F)c1)C1CC2COCC(C1)N2C(=O)OCc1ccccc1. The Hall–Kier alpha value is -2.94. The van der Waals surface area contributed by atoms with Crippen LogP contribution in [0.2, 0.25) is 0 Å². The van der Waals surface area contributed by atoms with E-state index in [1.807, 2.05) is 30.3 Å². The van der Waals surface area contributed by atoms with E-state index in [0.29, 0.717) is 18.9 Å². The Morgan fingerprint density at radius 1 is 1.00 bits per heavy atom. The van der Waals surface area contributed by atoms with Crippen LogP contribution in [0.5, 0.6) is 0 Å². The van der Waals surface area contributed by atoms with Crippen molar-refractivity contribution in [3.63, 3.8) is 0 Å². The molecule has 2 bridgehead atoms. The van der Waals surface area contributed by atoms with Gasteiger partial charge in [-0.3, -0.25) is 9.69 Å². The van der Waals surface area contributed by atoms with Crippen molar-refractivity contribution in [2.75, 3.05) is 13.2 Å². The number of hydrogen-bond donors (Lipinski definition) is 0. The van der Waals surface area contributed by atoms with Crippen molar-refractivity contribution >= 4 is 11.9 Å². The highest BCUT2D eigenvalue weighted by Crippen LogP contribution is 2.35. The van der Waals surface area contributed by atoms with Gasteiger partial charge in [0, 0.05) is 12.3 Å². The molecule has 0 aromatic heterocycles. The molecule has 9 heteroatoms. The maximum atomic E-state index is 13.5. The van der Waals surface area contributed by atoms with Gasteiger partial charge in [0.1, 0.15) is 18.2 Å². The van der Waals surface area contributed by atoms with Gasteiger partial charge < -0.3 is 9.47 Å². The number of nitrogens with zero attached hydrogens (tertiary/aromatic N) is 1. The maximum absolute atomic E-state index is 13.5. The molecular formula is C24H23F4NO4. The molecule has 33 heavy (non-hydrogen) atoms. The van der Waals surface area contributed by atoms with Gasteiger partial charge in [-0.05, 0) is 36.1 Å². The van der Waals surface area contributed by atoms with Crippen LogP contribution in [-0.4, -0.2) is 42.1 Å². The van der Waals surface area contributed by atoms with Crippen molar-refractivity contribution in [3.05, 3.63) is 71.0 Å². The van der Waals surface area contributed by atoms with E-state index in [4.69, 9.17) is 9.47 Å². The molecule has 0 N–H and O–H groups in total. The van der Waals surface area contributed by atoms with Crippen LogP contribution in [-0.2, 0) is 33.5 Å². The molecule has 2 saturated heterocycles. The highest BCUT2D eigenvalue weighted by Gasteiger charge is 2.44. The van der Waals surface area contributed by atoms with Gasteiger partial charge in [0.05, 0.1) is 30.9 Å². The number of piperidine rings is 1. The lowest BCUT2D eigenvalue weighted by molar-refractivity contribution is -0.140. The highest BCUT2D eigenvalue weighted by atomic mass is 19.4. The Balaban J connectivity index is 1.40. The van der Waals surface area contributed by atoms with Crippen molar-refractivity contribution in [1.82, 2.24) is 4.90 Å². The monoisotopic (exact) mass is 465 g/mol. The van der Waals surface area contributed by atoms with E-state index in [-0.39, 0.29) is 49.7 Å². The lowest BCUT2D eigenvalue weighted by atomic mass is 9.81. The van der Waals surface area contributed by atoms with Gasteiger partial charge in [0.15, 0.2) is 0 Å². The summed E-state index contributed by atoms with van der Waals surface area (Å²) in [7, 11) is 0. The summed E-state index contributed by atoms with van der Waals surface area (Å²) in [5, 5.41) is 0. The Bertz CT molecular complexity index is 997. The second-order valence-corrected chi connectivity index (χ2v) is 8.42. The van der Waals surface area contributed by atoms with E-state index < -0.39 is 29.6 Å². The standard InChI is InChI=1S/C24H23F4NO4/c25-21-7-6-16(8-20(21)24(26,27)28)9-22(30)17-10-18-13-32-14-19(11-17)29(18)23(31)33-12-15-4-2-1-3-5-15/h1-8,17-19H,9-14H2. The summed E-state index contributed by atoms with van der Waals surface area (Å²) in [6, 6.07) is 11.2. The summed E-state index contributed by atoms with van der Waals surface area (Å²) in [4.78, 5) is 27.2. The van der Waals surface area contributed by atoms with E-state index in [1.165, 1.54) is 6.07 Å². The normalized spacial score (nSPS) is 22.7. The topological polar surface area (TPSA) is 55.8 Å². The molecular weight excluding hydrogens is 442 g/mol. The van der Waals surface area contributed by atoms with Gasteiger partial charge >= 0.3 is 12.3 Å². The summed E-state index contributed by atoms with van der Waals surface area (Å²) in [6.45, 7) is 0.649. The van der Waals surface area contributed by atoms with Gasteiger partial charge in [-0.25, -0.2) is 9.18 Å². The zero-order chi connectivity index (χ0) is 23.6. The van der Waals surface area contributed by atoms with Crippen LogP contribution in [0.25, 0.3) is 0 Å². The molecule has 2 aromatic rings. The molecule has 0 aliphatic carbocycles. The molecule has 2 unspecified atom stereocenters. The fourth-order valence-corrected chi connectivity index (χ4v) is 4.52. The lowest BCUT2D eigenvalue weighted by Gasteiger charge is -2.47. The number of rotatable bonds is 5. The minimum absolute atomic E-state index is 0.111. The van der Waals surface area contributed by atoms with Crippen molar-refractivity contribution in [3.8, 4) is 0 Å². The molecule has 0 radical (unpaired) electrons. The number of hydrogen-bond acceptors (Lipinski definition) is 4. The third-order valence-corrected chi connectivity index (χ3v) is 6.11. The Kier molecular flexibility index (Phi) is 6.69. The second kappa shape index (κ2) is 9.51. The Labute approximate surface area is 188 Å². The number of morpholine rings is 1. The molecule has 176 valence electrons. The molecule has 0 saturated carbocycles. The van der Waals surface area contributed by atoms with E-state index in [1.54, 1.807) is 4.90 Å². The minimum atomic E-state index is -4.83. The molecule has 2 aliphatic rings. The van der Waals surface area contributed by atoms with Gasteiger partial charge in [0.25, 0.3) is 0 Å². The zero-order valence-corrected chi connectivity index (χ0v) is 17.7. The smallest absolute Gasteiger partial charge is 0.419 e. The molecule has 2 heterocycles. The van der Waals surface area contributed by atoms with Crippen molar-refractivity contribution in [2.24, 2.45) is 5.92 Å². The van der Waals surface area contributed by atoms with E-state index in [9.17, 15) is 27.2 Å². The maximum Gasteiger partial charge on any atom is 0.419 e. The van der Waals surface area contributed by atoms with Gasteiger partial charge in [-0.2, -0.15) is 13.2 Å². The number of Topliss-reactive ketones (excluding diaryl/α,β-unsaturated/α-hetero) is 1. The van der Waals surface area contributed by atoms with Crippen LogP contribution in [0.15, 0.2) is 48.5 Å². The molecule has 2 aliphatic heterocycles. The molecule has 0 spiro atoms. The fourth-order valence-electron chi connectivity index (χ4n) is 4.52. The van der Waals surface area contributed by atoms with Crippen LogP contribution >= 0.6 is 0 Å². The first-order valence-corrected chi connectivity index (χ1v) is 10.7. The summed E-state index contributed by atoms with van der Waals surface area (Å²) < 4.78 is 63.5. The average Bonchev–Trinajstić information content (AvgIpc) is 2.77. The lowest BCUT2D eigenvalue weighted by Crippen LogP contribution is -2.60. The fraction of sp³-hybridized carbons (Fsp3) is 0.417. The first-order valence-electron chi connectivity index (χ1n) is 10.7. The summed E-state index contributed by atoms with van der Waals surface area (Å²) in [6.07, 6.45) is -4.86. The molecule has 1 amide bonds. The zero-order valence-electron chi connectivity index (χ0n) is 17.7. The van der Waals surface area contributed by atoms with Gasteiger partial charge in [-0.15, -0.1) is 0 Å². The van der Waals surface area contributed by atoms with E-state index in [0.717, 1.165) is 11.6 Å². The van der Waals surface area contributed by atoms with E-state index >= 15 is 0 Å². The number of fused-ring (bicyclic) bond motifs is 2. The number of carbonyl (C=O) groups excluding carboxylic acids is 2. The summed E-state index contributed by atoms with van der Waals surface area (Å²) >= 11 is 0. The highest BCUT2D eigenvalue weighted by molar-refractivity contribution is 5.84. The predicted octanol–water partition coefficient (Wildman–Crippen LogP) is 4.77. The summed E-state index contributed by atoms with van der Waals surface area (Å²) in [5.41, 5.74) is -0.413.